The molecule has 0 bridgehead atoms. The highest BCUT2D eigenvalue weighted by atomic mass is 16.4. The summed E-state index contributed by atoms with van der Waals surface area (Å²) in [4.78, 5) is 36.7. The van der Waals surface area contributed by atoms with Gasteiger partial charge in [-0.3, -0.25) is 9.36 Å². The first-order valence-corrected chi connectivity index (χ1v) is 5.16. The smallest absolute Gasteiger partial charge is 0.328 e. The van der Waals surface area contributed by atoms with Crippen LogP contribution < -0.4 is 16.6 Å². The number of nitrogens with zero attached hydrogens (tertiary/aromatic N) is 3. The number of carboxylic acids is 1. The van der Waals surface area contributed by atoms with E-state index in [2.05, 4.69) is 15.5 Å². The quantitative estimate of drug-likeness (QED) is 0.496. The van der Waals surface area contributed by atoms with Gasteiger partial charge < -0.3 is 21.3 Å². The molecular formula is C9H13N5O5. The number of aliphatic hydroxyl groups excluding tert-OH is 1. The van der Waals surface area contributed by atoms with Crippen LogP contribution in [0.15, 0.2) is 9.97 Å². The van der Waals surface area contributed by atoms with Crippen molar-refractivity contribution in [1.29, 1.82) is 0 Å². The van der Waals surface area contributed by atoms with Crippen LogP contribution in [-0.2, 0) is 11.8 Å². The summed E-state index contributed by atoms with van der Waals surface area (Å²) in [7, 11) is 1.26. The van der Waals surface area contributed by atoms with E-state index in [0.717, 1.165) is 4.57 Å². The van der Waals surface area contributed by atoms with Gasteiger partial charge in [-0.15, -0.1) is 4.91 Å². The van der Waals surface area contributed by atoms with Crippen molar-refractivity contribution in [1.82, 2.24) is 9.55 Å². The monoisotopic (exact) mass is 271 g/mol. The number of nitrogens with two attached hydrogens (primary N) is 1. The molecule has 0 spiro atoms. The number of nitroso groups, excluding NO2 is 1. The minimum atomic E-state index is -1.38. The first kappa shape index (κ1) is 14.6. The van der Waals surface area contributed by atoms with Crippen LogP contribution in [0.5, 0.6) is 0 Å². The summed E-state index contributed by atoms with van der Waals surface area (Å²) in [6, 6.07) is -1.38. The number of aromatic nitrogens is 2. The van der Waals surface area contributed by atoms with Gasteiger partial charge in [0.15, 0.2) is 11.9 Å². The van der Waals surface area contributed by atoms with E-state index in [9.17, 15) is 19.6 Å². The fraction of sp³-hybridized carbons (Fsp3) is 0.444. The summed E-state index contributed by atoms with van der Waals surface area (Å²) in [5.41, 5.74) is 3.98. The molecule has 2 unspecified atom stereocenters. The van der Waals surface area contributed by atoms with Crippen molar-refractivity contribution >= 4 is 23.4 Å². The van der Waals surface area contributed by atoms with E-state index in [1.54, 1.807) is 0 Å². The molecule has 2 atom stereocenters. The standard InChI is InChI=1S/C9H13N5O5/c1-3(15)4(8(17)18)11-9-12-6(10)5(13-19)7(16)14(9)2/h3-4,15H,10H2,1-2H3,(H,11,12)(H,17,18). The van der Waals surface area contributed by atoms with E-state index in [1.165, 1.54) is 14.0 Å². The molecule has 0 amide bonds. The zero-order valence-corrected chi connectivity index (χ0v) is 10.2. The molecule has 5 N–H and O–H groups in total. The maximum absolute atomic E-state index is 11.7. The number of nitrogens with one attached hydrogen (secondary N) is 1. The average Bonchev–Trinajstić information content (AvgIpc) is 2.31. The van der Waals surface area contributed by atoms with E-state index in [0.29, 0.717) is 0 Å². The van der Waals surface area contributed by atoms with Gasteiger partial charge in [0.2, 0.25) is 11.6 Å². The van der Waals surface area contributed by atoms with Crippen LogP contribution in [0, 0.1) is 4.91 Å². The van der Waals surface area contributed by atoms with Crippen LogP contribution in [0.2, 0.25) is 0 Å². The number of carbonyl (C=O) groups is 1. The van der Waals surface area contributed by atoms with E-state index in [1.807, 2.05) is 0 Å². The van der Waals surface area contributed by atoms with Crippen LogP contribution in [0.25, 0.3) is 0 Å². The van der Waals surface area contributed by atoms with E-state index in [-0.39, 0.29) is 5.95 Å². The molecule has 10 nitrogen and oxygen atoms in total. The maximum Gasteiger partial charge on any atom is 0.328 e. The molecule has 19 heavy (non-hydrogen) atoms. The Labute approximate surface area is 106 Å². The lowest BCUT2D eigenvalue weighted by Crippen LogP contribution is -2.41. The summed E-state index contributed by atoms with van der Waals surface area (Å²) < 4.78 is 0.880. The summed E-state index contributed by atoms with van der Waals surface area (Å²) in [6.45, 7) is 1.26. The maximum atomic E-state index is 11.7. The SMILES string of the molecule is CC(O)C(Nc1nc(N)c(N=O)c(=O)n1C)C(=O)O. The van der Waals surface area contributed by atoms with Crippen molar-refractivity contribution < 1.29 is 15.0 Å². The van der Waals surface area contributed by atoms with Gasteiger partial charge in [-0.25, -0.2) is 4.79 Å². The molecule has 0 fully saturated rings. The second kappa shape index (κ2) is 5.44. The molecule has 1 heterocycles. The highest BCUT2D eigenvalue weighted by Crippen LogP contribution is 2.16. The molecule has 0 radical (unpaired) electrons. The number of aliphatic carboxylic acids is 1. The van der Waals surface area contributed by atoms with Gasteiger partial charge in [-0.1, -0.05) is 0 Å². The Hall–Kier alpha value is -2.49. The number of aliphatic hydroxyl groups is 1. The van der Waals surface area contributed by atoms with Gasteiger partial charge in [0.25, 0.3) is 5.56 Å². The molecule has 0 saturated heterocycles. The summed E-state index contributed by atoms with van der Waals surface area (Å²) in [6.07, 6.45) is -1.24. The first-order valence-electron chi connectivity index (χ1n) is 5.16. The van der Waals surface area contributed by atoms with Gasteiger partial charge >= 0.3 is 5.97 Å². The molecule has 1 aromatic rings. The summed E-state index contributed by atoms with van der Waals surface area (Å²) in [5, 5.41) is 23.0. The Morgan fingerprint density at radius 1 is 1.58 bits per heavy atom. The highest BCUT2D eigenvalue weighted by Gasteiger charge is 2.25. The van der Waals surface area contributed by atoms with Crippen LogP contribution in [0.4, 0.5) is 17.5 Å². The van der Waals surface area contributed by atoms with Crippen molar-refractivity contribution in [3.63, 3.8) is 0 Å². The average molecular weight is 271 g/mol. The van der Waals surface area contributed by atoms with Gasteiger partial charge in [0.1, 0.15) is 0 Å². The predicted molar refractivity (Wildman–Crippen MR) is 66.1 cm³/mol. The fourth-order valence-electron chi connectivity index (χ4n) is 1.35. The Balaban J connectivity index is 3.26. The lowest BCUT2D eigenvalue weighted by Gasteiger charge is -2.19. The molecule has 1 rings (SSSR count). The van der Waals surface area contributed by atoms with Gasteiger partial charge in [0.05, 0.1) is 6.10 Å². The Morgan fingerprint density at radius 2 is 2.16 bits per heavy atom. The van der Waals surface area contributed by atoms with Crippen molar-refractivity contribution in [3.8, 4) is 0 Å². The molecule has 1 aromatic heterocycles. The van der Waals surface area contributed by atoms with Crippen LogP contribution in [0.3, 0.4) is 0 Å². The normalized spacial score (nSPS) is 13.6. The third-order valence-electron chi connectivity index (χ3n) is 2.42. The number of hydrogen-bond donors (Lipinski definition) is 4. The molecule has 0 aromatic carbocycles. The number of nitrogen functional groups attached to an aromatic ring is 1. The van der Waals surface area contributed by atoms with Crippen LogP contribution in [0.1, 0.15) is 6.92 Å². The van der Waals surface area contributed by atoms with Crippen molar-refractivity contribution in [2.45, 2.75) is 19.1 Å². The number of hydrogen-bond acceptors (Lipinski definition) is 8. The van der Waals surface area contributed by atoms with Crippen molar-refractivity contribution in [2.24, 2.45) is 12.2 Å². The summed E-state index contributed by atoms with van der Waals surface area (Å²) >= 11 is 0. The lowest BCUT2D eigenvalue weighted by atomic mass is 10.2. The fourth-order valence-corrected chi connectivity index (χ4v) is 1.35. The van der Waals surface area contributed by atoms with Crippen LogP contribution >= 0.6 is 0 Å². The van der Waals surface area contributed by atoms with Gasteiger partial charge in [0, 0.05) is 7.05 Å². The minimum absolute atomic E-state index is 0.191. The van der Waals surface area contributed by atoms with Crippen molar-refractivity contribution in [3.05, 3.63) is 15.3 Å². The molecule has 0 saturated carbocycles. The van der Waals surface area contributed by atoms with E-state index < -0.39 is 35.2 Å². The largest absolute Gasteiger partial charge is 0.480 e. The third-order valence-corrected chi connectivity index (χ3v) is 2.42. The zero-order chi connectivity index (χ0) is 14.7. The molecule has 0 aliphatic heterocycles. The number of carboxylic acid groups (broad SMARTS) is 1. The first-order chi connectivity index (χ1) is 8.79. The zero-order valence-electron chi connectivity index (χ0n) is 10.2. The lowest BCUT2D eigenvalue weighted by molar-refractivity contribution is -0.140. The molecule has 104 valence electrons. The number of anilines is 2. The van der Waals surface area contributed by atoms with E-state index in [4.69, 9.17) is 10.8 Å². The summed E-state index contributed by atoms with van der Waals surface area (Å²) in [5.74, 6) is -1.95. The minimum Gasteiger partial charge on any atom is -0.480 e. The van der Waals surface area contributed by atoms with Crippen molar-refractivity contribution in [2.75, 3.05) is 11.1 Å². The predicted octanol–water partition coefficient (Wildman–Crippen LogP) is -0.994. The third kappa shape index (κ3) is 2.85. The second-order valence-corrected chi connectivity index (χ2v) is 3.83. The highest BCUT2D eigenvalue weighted by molar-refractivity contribution is 5.77. The number of rotatable bonds is 5. The molecule has 0 aliphatic rings. The Kier molecular flexibility index (Phi) is 4.17. The van der Waals surface area contributed by atoms with Gasteiger partial charge in [-0.2, -0.15) is 4.98 Å². The molecule has 0 aliphatic carbocycles. The second-order valence-electron chi connectivity index (χ2n) is 3.83. The van der Waals surface area contributed by atoms with Gasteiger partial charge in [-0.05, 0) is 12.1 Å². The Bertz CT molecular complexity index is 567. The van der Waals surface area contributed by atoms with E-state index >= 15 is 0 Å². The molecule has 10 heteroatoms. The van der Waals surface area contributed by atoms with Crippen LogP contribution in [-0.4, -0.2) is 37.9 Å². The Morgan fingerprint density at radius 3 is 2.58 bits per heavy atom. The molecular weight excluding hydrogens is 258 g/mol. The topological polar surface area (TPSA) is 160 Å².